The van der Waals surface area contributed by atoms with E-state index in [1.807, 2.05) is 0 Å². The number of aliphatic hydroxyl groups excluding tert-OH is 2. The third-order valence-electron chi connectivity index (χ3n) is 8.90. The summed E-state index contributed by atoms with van der Waals surface area (Å²) in [5, 5.41) is 41.1. The predicted molar refractivity (Wildman–Crippen MR) is 130 cm³/mol. The maximum Gasteiger partial charge on any atom is 0.108 e. The Morgan fingerprint density at radius 3 is 2.47 bits per heavy atom. The van der Waals surface area contributed by atoms with Gasteiger partial charge in [-0.25, -0.2) is 0 Å². The first-order valence-electron chi connectivity index (χ1n) is 12.4. The molecular weight excluding hydrogens is 400 g/mol. The lowest BCUT2D eigenvalue weighted by atomic mass is 9.61. The van der Waals surface area contributed by atoms with E-state index in [-0.39, 0.29) is 5.41 Å². The molecule has 4 nitrogen and oxygen atoms in total. The van der Waals surface area contributed by atoms with Gasteiger partial charge in [0.1, 0.15) is 5.60 Å². The molecule has 0 unspecified atom stereocenters. The molecule has 0 bridgehead atoms. The van der Waals surface area contributed by atoms with Gasteiger partial charge >= 0.3 is 0 Å². The molecule has 0 radical (unpaired) electrons. The quantitative estimate of drug-likeness (QED) is 0.457. The summed E-state index contributed by atoms with van der Waals surface area (Å²) in [7, 11) is 0. The Kier molecular flexibility index (Phi) is 7.32. The van der Waals surface area contributed by atoms with Crippen molar-refractivity contribution in [2.24, 2.45) is 23.2 Å². The molecule has 3 fully saturated rings. The number of allylic oxidation sites excluding steroid dienone is 4. The minimum Gasteiger partial charge on any atom is -0.393 e. The van der Waals surface area contributed by atoms with Crippen LogP contribution in [0.25, 0.3) is 0 Å². The van der Waals surface area contributed by atoms with Crippen LogP contribution in [-0.4, -0.2) is 43.8 Å². The zero-order valence-electron chi connectivity index (χ0n) is 20.6. The van der Waals surface area contributed by atoms with Crippen molar-refractivity contribution in [3.05, 3.63) is 47.6 Å². The molecule has 3 aliphatic carbocycles. The smallest absolute Gasteiger partial charge is 0.108 e. The van der Waals surface area contributed by atoms with Crippen LogP contribution in [0.1, 0.15) is 79.6 Å². The normalized spacial score (nSPS) is 39.5. The fourth-order valence-electron chi connectivity index (χ4n) is 6.29. The Hall–Kier alpha value is -1.20. The van der Waals surface area contributed by atoms with Crippen LogP contribution < -0.4 is 0 Å². The topological polar surface area (TPSA) is 80.9 Å². The predicted octanol–water partition coefficient (Wildman–Crippen LogP) is 4.84. The molecule has 180 valence electrons. The molecule has 0 aliphatic heterocycles. The molecule has 0 amide bonds. The fourth-order valence-corrected chi connectivity index (χ4v) is 6.29. The monoisotopic (exact) mass is 444 g/mol. The van der Waals surface area contributed by atoms with Crippen molar-refractivity contribution in [2.45, 2.75) is 103 Å². The summed E-state index contributed by atoms with van der Waals surface area (Å²) in [6, 6.07) is 0. The fraction of sp³-hybridized carbons (Fsp3) is 0.714. The maximum absolute atomic E-state index is 10.6. The summed E-state index contributed by atoms with van der Waals surface area (Å²) in [5.74, 6) is 1.39. The molecule has 3 aliphatic rings. The van der Waals surface area contributed by atoms with Crippen molar-refractivity contribution in [2.75, 3.05) is 0 Å². The summed E-state index contributed by atoms with van der Waals surface area (Å²) in [6.07, 6.45) is 13.8. The molecule has 0 aromatic heterocycles. The molecule has 4 N–H and O–H groups in total. The summed E-state index contributed by atoms with van der Waals surface area (Å²) < 4.78 is 0. The standard InChI is InChI=1S/C28H44O4/c1-18(13-15-28(6,32)26(3,4)31)23-11-12-24-20(8-7-14-27(23,24)5)9-10-21-16-22(29)17-25(30)19(21)2/h9-10,13,15,18,22-25,29-32H,2,7-8,11-12,14,16-17H2,1,3-6H3/b15-13+,20-9+,21-10-/t18-,22-,23-,24+,25+,27-,28+/m0/s1. The Balaban J connectivity index is 1.78. The van der Waals surface area contributed by atoms with E-state index >= 15 is 0 Å². The van der Waals surface area contributed by atoms with Crippen molar-refractivity contribution in [3.8, 4) is 0 Å². The molecule has 3 rings (SSSR count). The Morgan fingerprint density at radius 2 is 1.81 bits per heavy atom. The third-order valence-corrected chi connectivity index (χ3v) is 8.90. The highest BCUT2D eigenvalue weighted by Gasteiger charge is 2.50. The van der Waals surface area contributed by atoms with Gasteiger partial charge in [-0.05, 0) is 93.6 Å². The minimum absolute atomic E-state index is 0.218. The largest absolute Gasteiger partial charge is 0.393 e. The number of aliphatic hydroxyl groups is 4. The lowest BCUT2D eigenvalue weighted by molar-refractivity contribution is -0.0886. The van der Waals surface area contributed by atoms with Crippen LogP contribution in [0.15, 0.2) is 47.6 Å². The summed E-state index contributed by atoms with van der Waals surface area (Å²) in [5.41, 5.74) is 0.958. The van der Waals surface area contributed by atoms with Gasteiger partial charge in [-0.2, -0.15) is 0 Å². The third kappa shape index (κ3) is 4.99. The first kappa shape index (κ1) is 25.4. The minimum atomic E-state index is -1.26. The second-order valence-corrected chi connectivity index (χ2v) is 11.6. The Labute approximate surface area is 194 Å². The number of hydrogen-bond acceptors (Lipinski definition) is 4. The van der Waals surface area contributed by atoms with Gasteiger partial charge in [0.05, 0.1) is 17.8 Å². The van der Waals surface area contributed by atoms with E-state index in [9.17, 15) is 20.4 Å². The van der Waals surface area contributed by atoms with E-state index in [0.29, 0.717) is 30.6 Å². The highest BCUT2D eigenvalue weighted by atomic mass is 16.3. The van der Waals surface area contributed by atoms with Crippen LogP contribution >= 0.6 is 0 Å². The van der Waals surface area contributed by atoms with Crippen molar-refractivity contribution in [1.82, 2.24) is 0 Å². The second kappa shape index (κ2) is 9.21. The van der Waals surface area contributed by atoms with Crippen LogP contribution in [0.3, 0.4) is 0 Å². The molecule has 0 spiro atoms. The van der Waals surface area contributed by atoms with Crippen LogP contribution in [0.5, 0.6) is 0 Å². The summed E-state index contributed by atoms with van der Waals surface area (Å²) >= 11 is 0. The van der Waals surface area contributed by atoms with Crippen molar-refractivity contribution >= 4 is 0 Å². The Morgan fingerprint density at radius 1 is 1.12 bits per heavy atom. The van der Waals surface area contributed by atoms with Gasteiger partial charge in [0.25, 0.3) is 0 Å². The van der Waals surface area contributed by atoms with Gasteiger partial charge in [0.15, 0.2) is 0 Å². The van der Waals surface area contributed by atoms with Crippen LogP contribution in [0.2, 0.25) is 0 Å². The first-order valence-corrected chi connectivity index (χ1v) is 12.4. The number of hydrogen-bond donors (Lipinski definition) is 4. The molecule has 0 aromatic carbocycles. The van der Waals surface area contributed by atoms with E-state index in [4.69, 9.17) is 0 Å². The van der Waals surface area contributed by atoms with Gasteiger partial charge in [0.2, 0.25) is 0 Å². The van der Waals surface area contributed by atoms with E-state index in [1.165, 1.54) is 24.8 Å². The zero-order valence-corrected chi connectivity index (χ0v) is 20.6. The highest BCUT2D eigenvalue weighted by molar-refractivity contribution is 5.38. The van der Waals surface area contributed by atoms with Crippen molar-refractivity contribution in [1.29, 1.82) is 0 Å². The summed E-state index contributed by atoms with van der Waals surface area (Å²) in [6.45, 7) is 13.7. The molecule has 0 aromatic rings. The van der Waals surface area contributed by atoms with Gasteiger partial charge in [-0.15, -0.1) is 0 Å². The van der Waals surface area contributed by atoms with Gasteiger partial charge in [0, 0.05) is 6.42 Å². The van der Waals surface area contributed by atoms with Crippen LogP contribution in [0, 0.1) is 23.2 Å². The van der Waals surface area contributed by atoms with Gasteiger partial charge in [-0.3, -0.25) is 0 Å². The van der Waals surface area contributed by atoms with Crippen molar-refractivity contribution < 1.29 is 20.4 Å². The average molecular weight is 445 g/mol. The van der Waals surface area contributed by atoms with Crippen LogP contribution in [0.4, 0.5) is 0 Å². The molecular formula is C28H44O4. The summed E-state index contributed by atoms with van der Waals surface area (Å²) in [4.78, 5) is 0. The van der Waals surface area contributed by atoms with E-state index in [1.54, 1.807) is 26.8 Å². The SMILES string of the molecule is C=C1/C(=C\C=C2/CCC[C@]3(C)[C@@H]2CC[C@H]3[C@@H](C)/C=C/[C@@](C)(O)C(C)(C)O)C[C@H](O)C[C@H]1O. The van der Waals surface area contributed by atoms with E-state index < -0.39 is 23.4 Å². The Bertz CT molecular complexity index is 797. The molecule has 0 saturated heterocycles. The maximum atomic E-state index is 10.6. The number of fused-ring (bicyclic) bond motifs is 1. The lowest BCUT2D eigenvalue weighted by Gasteiger charge is -2.44. The van der Waals surface area contributed by atoms with Crippen LogP contribution in [-0.2, 0) is 0 Å². The molecule has 3 saturated carbocycles. The first-order chi connectivity index (χ1) is 14.8. The lowest BCUT2D eigenvalue weighted by Crippen LogP contribution is -2.46. The molecule has 32 heavy (non-hydrogen) atoms. The highest BCUT2D eigenvalue weighted by Crippen LogP contribution is 2.59. The van der Waals surface area contributed by atoms with Gasteiger partial charge < -0.3 is 20.4 Å². The average Bonchev–Trinajstić information content (AvgIpc) is 3.04. The van der Waals surface area contributed by atoms with Gasteiger partial charge in [-0.1, -0.05) is 50.3 Å². The molecule has 4 heteroatoms. The zero-order chi connectivity index (χ0) is 23.9. The molecule has 7 atom stereocenters. The number of rotatable bonds is 5. The van der Waals surface area contributed by atoms with Crippen molar-refractivity contribution in [3.63, 3.8) is 0 Å². The molecule has 0 heterocycles. The van der Waals surface area contributed by atoms with E-state index in [0.717, 1.165) is 24.0 Å². The second-order valence-electron chi connectivity index (χ2n) is 11.6. The van der Waals surface area contributed by atoms with E-state index in [2.05, 4.69) is 38.7 Å².